The first kappa shape index (κ1) is 27.8. The lowest BCUT2D eigenvalue weighted by atomic mass is 9.79. The zero-order valence-electron chi connectivity index (χ0n) is 21.3. The van der Waals surface area contributed by atoms with Crippen LogP contribution in [0.1, 0.15) is 26.2 Å². The molecule has 1 aromatic carbocycles. The number of carbonyl (C=O) groups excluding carboxylic acids is 1. The second-order valence-corrected chi connectivity index (χ2v) is 10.1. The molecule has 1 saturated carbocycles. The number of hydrogen-bond acceptors (Lipinski definition) is 7. The van der Waals surface area contributed by atoms with Crippen LogP contribution in [0.25, 0.3) is 11.3 Å². The molecule has 38 heavy (non-hydrogen) atoms. The molecule has 1 atom stereocenters. The molecule has 0 unspecified atom stereocenters. The van der Waals surface area contributed by atoms with E-state index >= 15 is 0 Å². The van der Waals surface area contributed by atoms with Crippen LogP contribution >= 0.6 is 23.8 Å². The lowest BCUT2D eigenvalue weighted by Crippen LogP contribution is -2.49. The van der Waals surface area contributed by atoms with E-state index in [1.807, 2.05) is 7.05 Å². The van der Waals surface area contributed by atoms with E-state index in [4.69, 9.17) is 23.8 Å². The summed E-state index contributed by atoms with van der Waals surface area (Å²) in [6, 6.07) is 9.90. The Balaban J connectivity index is 1.35. The molecule has 5 N–H and O–H groups in total. The van der Waals surface area contributed by atoms with Gasteiger partial charge in [-0.15, -0.1) is 0 Å². The molecule has 0 bridgehead atoms. The van der Waals surface area contributed by atoms with Gasteiger partial charge in [-0.05, 0) is 56.6 Å². The largest absolute Gasteiger partial charge is 0.353 e. The first-order valence-electron chi connectivity index (χ1n) is 12.4. The van der Waals surface area contributed by atoms with E-state index in [1.165, 1.54) is 18.2 Å². The van der Waals surface area contributed by atoms with Crippen LogP contribution in [-0.4, -0.2) is 46.8 Å². The first-order valence-corrected chi connectivity index (χ1v) is 13.2. The Bertz CT molecular complexity index is 1380. The van der Waals surface area contributed by atoms with Crippen molar-refractivity contribution in [2.45, 2.75) is 38.3 Å². The molecule has 1 aliphatic rings. The molecule has 1 aliphatic carbocycles. The molecule has 2 heterocycles. The van der Waals surface area contributed by atoms with E-state index in [2.05, 4.69) is 50.0 Å². The van der Waals surface area contributed by atoms with Crippen molar-refractivity contribution < 1.29 is 9.18 Å². The number of amides is 1. The van der Waals surface area contributed by atoms with Crippen molar-refractivity contribution >= 4 is 46.9 Å². The zero-order valence-corrected chi connectivity index (χ0v) is 22.8. The predicted octanol–water partition coefficient (Wildman–Crippen LogP) is 5.60. The highest BCUT2D eigenvalue weighted by atomic mass is 35.5. The minimum Gasteiger partial charge on any atom is -0.353 e. The molecule has 3 aromatic rings. The van der Waals surface area contributed by atoms with E-state index in [0.717, 1.165) is 31.4 Å². The zero-order chi connectivity index (χ0) is 27.2. The van der Waals surface area contributed by atoms with E-state index < -0.39 is 5.82 Å². The topological polar surface area (TPSA) is 107 Å². The molecule has 0 aliphatic heterocycles. The Hall–Kier alpha value is -3.18. The number of benzene rings is 1. The smallest absolute Gasteiger partial charge is 0.228 e. The molecule has 200 valence electrons. The van der Waals surface area contributed by atoms with Gasteiger partial charge in [0.1, 0.15) is 16.3 Å². The van der Waals surface area contributed by atoms with Gasteiger partial charge in [0.15, 0.2) is 0 Å². The van der Waals surface area contributed by atoms with Gasteiger partial charge in [-0.25, -0.2) is 9.37 Å². The maximum absolute atomic E-state index is 14.3. The number of pyridine rings is 1. The molecule has 0 saturated heterocycles. The monoisotopic (exact) mass is 555 g/mol. The Labute approximate surface area is 231 Å². The summed E-state index contributed by atoms with van der Waals surface area (Å²) in [4.78, 5) is 17.0. The van der Waals surface area contributed by atoms with Crippen LogP contribution in [-0.2, 0) is 4.79 Å². The molecular formula is C27H31ClFN7OS. The van der Waals surface area contributed by atoms with Crippen molar-refractivity contribution in [2.24, 2.45) is 5.92 Å². The molecule has 0 spiro atoms. The number of likely N-dealkylation sites (N-methyl/N-ethyl adjacent to an activating group) is 1. The first-order chi connectivity index (χ1) is 18.3. The summed E-state index contributed by atoms with van der Waals surface area (Å²) in [6.45, 7) is 7.00. The van der Waals surface area contributed by atoms with Crippen molar-refractivity contribution in [3.63, 3.8) is 0 Å². The van der Waals surface area contributed by atoms with E-state index in [1.54, 1.807) is 24.4 Å². The van der Waals surface area contributed by atoms with E-state index in [0.29, 0.717) is 38.6 Å². The highest BCUT2D eigenvalue weighted by Crippen LogP contribution is 2.30. The molecule has 2 aromatic heterocycles. The number of H-pyrrole nitrogens is 1. The van der Waals surface area contributed by atoms with E-state index in [9.17, 15) is 9.18 Å². The SMILES string of the molecule is C=C(CC)[C@@H](CNC1CC(C(=O)Nc2cc(Nc3cc(-c4cc(Cl)ccc4F)n[nH]c3=S)ccn2)C1)NC. The van der Waals surface area contributed by atoms with Crippen LogP contribution in [0.5, 0.6) is 0 Å². The van der Waals surface area contributed by atoms with Gasteiger partial charge in [-0.2, -0.15) is 5.10 Å². The lowest BCUT2D eigenvalue weighted by molar-refractivity contribution is -0.122. The highest BCUT2D eigenvalue weighted by Gasteiger charge is 2.34. The fourth-order valence-corrected chi connectivity index (χ4v) is 4.60. The number of aromatic amines is 1. The van der Waals surface area contributed by atoms with Crippen molar-refractivity contribution in [1.82, 2.24) is 25.8 Å². The number of carbonyl (C=O) groups is 1. The standard InChI is InChI=1S/C27H31ClFN7OS/c1-4-15(2)24(30-3)14-32-19-9-16(10-19)26(37)34-25-12-18(7-8-31-25)33-23-13-22(35-36-27(23)38)20-11-17(28)5-6-21(20)29/h5-8,11-13,16,19,24,30,32H,2,4,9-10,14H2,1,3H3,(H,36,38)(H2,31,33,34,35,37)/t16?,19?,24-/m1/s1. The fraction of sp³-hybridized carbons (Fsp3) is 0.333. The third-order valence-corrected chi connectivity index (χ3v) is 7.26. The van der Waals surface area contributed by atoms with Gasteiger partial charge >= 0.3 is 0 Å². The fourth-order valence-electron chi connectivity index (χ4n) is 4.27. The number of hydrogen-bond donors (Lipinski definition) is 5. The number of rotatable bonds is 11. The summed E-state index contributed by atoms with van der Waals surface area (Å²) in [6.07, 6.45) is 4.06. The van der Waals surface area contributed by atoms with Crippen molar-refractivity contribution in [3.05, 3.63) is 70.2 Å². The minimum atomic E-state index is -0.450. The number of aromatic nitrogens is 3. The van der Waals surface area contributed by atoms with Crippen LogP contribution in [0.3, 0.4) is 0 Å². The molecular weight excluding hydrogens is 525 g/mol. The minimum absolute atomic E-state index is 0.0595. The van der Waals surface area contributed by atoms with Gasteiger partial charge in [-0.1, -0.05) is 42.9 Å². The van der Waals surface area contributed by atoms with Crippen LogP contribution in [0.2, 0.25) is 5.02 Å². The summed E-state index contributed by atoms with van der Waals surface area (Å²) in [5.41, 5.74) is 2.93. The summed E-state index contributed by atoms with van der Waals surface area (Å²) in [5, 5.41) is 20.2. The summed E-state index contributed by atoms with van der Waals surface area (Å²) in [5.74, 6) is -0.154. The predicted molar refractivity (Wildman–Crippen MR) is 153 cm³/mol. The summed E-state index contributed by atoms with van der Waals surface area (Å²) < 4.78 is 14.7. The molecule has 11 heteroatoms. The normalized spacial score (nSPS) is 17.4. The maximum Gasteiger partial charge on any atom is 0.228 e. The van der Waals surface area contributed by atoms with E-state index in [-0.39, 0.29) is 23.4 Å². The number of nitrogens with zero attached hydrogens (tertiary/aromatic N) is 2. The average molecular weight is 556 g/mol. The van der Waals surface area contributed by atoms with Gasteiger partial charge in [0, 0.05) is 53.1 Å². The van der Waals surface area contributed by atoms with Crippen LogP contribution < -0.4 is 21.3 Å². The van der Waals surface area contributed by atoms with Crippen molar-refractivity contribution in [1.29, 1.82) is 0 Å². The summed E-state index contributed by atoms with van der Waals surface area (Å²) >= 11 is 11.4. The maximum atomic E-state index is 14.3. The van der Waals surface area contributed by atoms with Gasteiger partial charge in [0.2, 0.25) is 5.91 Å². The Morgan fingerprint density at radius 3 is 2.82 bits per heavy atom. The van der Waals surface area contributed by atoms with Crippen LogP contribution in [0.4, 0.5) is 21.6 Å². The number of halogens is 2. The Morgan fingerprint density at radius 2 is 2.08 bits per heavy atom. The van der Waals surface area contributed by atoms with Crippen LogP contribution in [0.15, 0.2) is 54.7 Å². The molecule has 1 fully saturated rings. The van der Waals surface area contributed by atoms with Crippen molar-refractivity contribution in [3.8, 4) is 11.3 Å². The van der Waals surface area contributed by atoms with Crippen molar-refractivity contribution in [2.75, 3.05) is 24.2 Å². The molecule has 4 rings (SSSR count). The number of nitrogens with one attached hydrogen (secondary N) is 5. The number of anilines is 3. The molecule has 8 nitrogen and oxygen atoms in total. The second-order valence-electron chi connectivity index (χ2n) is 9.29. The second kappa shape index (κ2) is 12.6. The third-order valence-electron chi connectivity index (χ3n) is 6.71. The summed E-state index contributed by atoms with van der Waals surface area (Å²) in [7, 11) is 1.93. The average Bonchev–Trinajstić information content (AvgIpc) is 2.88. The van der Waals surface area contributed by atoms with Gasteiger partial charge in [0.05, 0.1) is 11.4 Å². The third kappa shape index (κ3) is 6.82. The molecule has 0 radical (unpaired) electrons. The lowest BCUT2D eigenvalue weighted by Gasteiger charge is -2.36. The Morgan fingerprint density at radius 1 is 1.29 bits per heavy atom. The Kier molecular flexibility index (Phi) is 9.22. The van der Waals surface area contributed by atoms with Gasteiger partial charge < -0.3 is 21.3 Å². The molecule has 1 amide bonds. The quantitative estimate of drug-likeness (QED) is 0.155. The highest BCUT2D eigenvalue weighted by molar-refractivity contribution is 7.71. The van der Waals surface area contributed by atoms with Gasteiger partial charge in [-0.3, -0.25) is 9.89 Å². The van der Waals surface area contributed by atoms with Gasteiger partial charge in [0.25, 0.3) is 0 Å². The van der Waals surface area contributed by atoms with Crippen LogP contribution in [0, 0.1) is 16.4 Å².